The third-order valence-corrected chi connectivity index (χ3v) is 5.16. The molecule has 1 fully saturated rings. The van der Waals surface area contributed by atoms with Crippen LogP contribution >= 0.6 is 11.6 Å². The minimum atomic E-state index is -0.759. The number of rotatable bonds is 7. The largest absolute Gasteiger partial charge is 0.507 e. The van der Waals surface area contributed by atoms with Crippen LogP contribution in [0.2, 0.25) is 5.02 Å². The van der Waals surface area contributed by atoms with Crippen molar-refractivity contribution in [1.82, 2.24) is 14.8 Å². The van der Waals surface area contributed by atoms with Gasteiger partial charge in [-0.15, -0.1) is 0 Å². The fourth-order valence-electron chi connectivity index (χ4n) is 3.39. The zero-order valence-corrected chi connectivity index (χ0v) is 17.9. The molecule has 0 radical (unpaired) electrons. The zero-order chi connectivity index (χ0) is 21.8. The second-order valence-corrected chi connectivity index (χ2v) is 7.56. The molecule has 8 heteroatoms. The molecule has 1 aliphatic rings. The van der Waals surface area contributed by atoms with E-state index in [2.05, 4.69) is 4.98 Å². The second kappa shape index (κ2) is 9.28. The number of benzene rings is 1. The van der Waals surface area contributed by atoms with Gasteiger partial charge in [0.15, 0.2) is 0 Å². The highest BCUT2D eigenvalue weighted by molar-refractivity contribution is 6.47. The molecule has 7 nitrogen and oxygen atoms in total. The number of carbonyl (C=O) groups is 2. The number of nitrogens with zero attached hydrogens (tertiary/aromatic N) is 3. The van der Waals surface area contributed by atoms with Crippen LogP contribution in [0.25, 0.3) is 5.76 Å². The quantitative estimate of drug-likeness (QED) is 0.413. The van der Waals surface area contributed by atoms with Crippen molar-refractivity contribution in [1.29, 1.82) is 0 Å². The van der Waals surface area contributed by atoms with Crippen LogP contribution in [0.5, 0.6) is 5.75 Å². The molecule has 0 aliphatic carbocycles. The number of aliphatic hydroxyl groups excluding tert-OH is 1. The molecule has 1 N–H and O–H groups in total. The Labute approximate surface area is 180 Å². The van der Waals surface area contributed by atoms with Crippen molar-refractivity contribution in [3.63, 3.8) is 0 Å². The van der Waals surface area contributed by atoms with Crippen LogP contribution < -0.4 is 4.74 Å². The lowest BCUT2D eigenvalue weighted by atomic mass is 9.96. The molecular weight excluding hydrogens is 406 g/mol. The van der Waals surface area contributed by atoms with Crippen LogP contribution in [-0.2, 0) is 9.59 Å². The maximum atomic E-state index is 13.0. The standard InChI is InChI=1S/C22H24ClN3O4/c1-4-30-15-7-8-17(23)16(12-15)20(27)18-19(14-6-5-9-24-13-14)26(11-10-25(2)3)22(29)21(18)28/h5-9,12-13,19,27H,4,10-11H2,1-3H3/b20-18+. The molecule has 1 atom stereocenters. The smallest absolute Gasteiger partial charge is 0.295 e. The number of likely N-dealkylation sites (tertiary alicyclic amines) is 1. The van der Waals surface area contributed by atoms with Gasteiger partial charge in [0.25, 0.3) is 11.7 Å². The van der Waals surface area contributed by atoms with E-state index in [0.717, 1.165) is 0 Å². The number of pyridine rings is 1. The van der Waals surface area contributed by atoms with E-state index in [0.29, 0.717) is 31.0 Å². The molecule has 30 heavy (non-hydrogen) atoms. The number of hydrogen-bond donors (Lipinski definition) is 1. The highest BCUT2D eigenvalue weighted by atomic mass is 35.5. The molecule has 0 saturated carbocycles. The van der Waals surface area contributed by atoms with Gasteiger partial charge < -0.3 is 19.6 Å². The molecule has 3 rings (SSSR count). The Kier molecular flexibility index (Phi) is 6.74. The van der Waals surface area contributed by atoms with E-state index >= 15 is 0 Å². The molecule has 158 valence electrons. The number of likely N-dealkylation sites (N-methyl/N-ethyl adjacent to an activating group) is 1. The minimum Gasteiger partial charge on any atom is -0.507 e. The minimum absolute atomic E-state index is 0.0118. The molecule has 1 unspecified atom stereocenters. The van der Waals surface area contributed by atoms with Crippen molar-refractivity contribution in [2.75, 3.05) is 33.8 Å². The first-order valence-electron chi connectivity index (χ1n) is 9.61. The summed E-state index contributed by atoms with van der Waals surface area (Å²) in [6.07, 6.45) is 3.20. The molecule has 0 bridgehead atoms. The Morgan fingerprint density at radius 1 is 1.30 bits per heavy atom. The summed E-state index contributed by atoms with van der Waals surface area (Å²) in [6.45, 7) is 3.16. The summed E-state index contributed by atoms with van der Waals surface area (Å²) in [5, 5.41) is 11.4. The lowest BCUT2D eigenvalue weighted by Crippen LogP contribution is -2.35. The predicted octanol–water partition coefficient (Wildman–Crippen LogP) is 3.12. The van der Waals surface area contributed by atoms with Crippen molar-refractivity contribution >= 4 is 29.1 Å². The van der Waals surface area contributed by atoms with Gasteiger partial charge in [0.1, 0.15) is 11.5 Å². The van der Waals surface area contributed by atoms with E-state index in [-0.39, 0.29) is 21.9 Å². The third-order valence-electron chi connectivity index (χ3n) is 4.83. The summed E-state index contributed by atoms with van der Waals surface area (Å²) in [5.74, 6) is -1.24. The Hall–Kier alpha value is -2.90. The maximum absolute atomic E-state index is 13.0. The van der Waals surface area contributed by atoms with Gasteiger partial charge in [-0.25, -0.2) is 0 Å². The number of carbonyl (C=O) groups excluding carboxylic acids is 2. The number of ketones is 1. The SMILES string of the molecule is CCOc1ccc(Cl)c(/C(O)=C2\C(=O)C(=O)N(CCN(C)C)C2c2cccnc2)c1. The van der Waals surface area contributed by atoms with Gasteiger partial charge in [0, 0.05) is 31.0 Å². The molecule has 2 aromatic rings. The van der Waals surface area contributed by atoms with E-state index in [9.17, 15) is 14.7 Å². The van der Waals surface area contributed by atoms with Crippen LogP contribution in [0, 0.1) is 0 Å². The Balaban J connectivity index is 2.16. The molecule has 1 saturated heterocycles. The van der Waals surface area contributed by atoms with Crippen LogP contribution in [-0.4, -0.2) is 65.4 Å². The van der Waals surface area contributed by atoms with E-state index in [1.54, 1.807) is 42.7 Å². The first-order chi connectivity index (χ1) is 14.3. The highest BCUT2D eigenvalue weighted by Gasteiger charge is 2.46. The third kappa shape index (κ3) is 4.32. The molecule has 2 heterocycles. The summed E-state index contributed by atoms with van der Waals surface area (Å²) < 4.78 is 5.49. The van der Waals surface area contributed by atoms with Crippen molar-refractivity contribution in [3.05, 3.63) is 64.4 Å². The molecule has 1 aromatic heterocycles. The number of aliphatic hydroxyl groups is 1. The van der Waals surface area contributed by atoms with Crippen molar-refractivity contribution < 1.29 is 19.4 Å². The van der Waals surface area contributed by atoms with Gasteiger partial charge in [0.2, 0.25) is 0 Å². The monoisotopic (exact) mass is 429 g/mol. The fourth-order valence-corrected chi connectivity index (χ4v) is 3.60. The molecular formula is C22H24ClN3O4. The summed E-state index contributed by atoms with van der Waals surface area (Å²) in [7, 11) is 3.77. The second-order valence-electron chi connectivity index (χ2n) is 7.16. The number of halogens is 1. The van der Waals surface area contributed by atoms with Gasteiger partial charge in [-0.1, -0.05) is 17.7 Å². The van der Waals surface area contributed by atoms with E-state index in [1.807, 2.05) is 25.9 Å². The van der Waals surface area contributed by atoms with E-state index < -0.39 is 17.7 Å². The zero-order valence-electron chi connectivity index (χ0n) is 17.1. The number of amides is 1. The Morgan fingerprint density at radius 2 is 2.07 bits per heavy atom. The summed E-state index contributed by atoms with van der Waals surface area (Å²) >= 11 is 6.31. The molecule has 1 aliphatic heterocycles. The van der Waals surface area contributed by atoms with E-state index in [4.69, 9.17) is 16.3 Å². The average molecular weight is 430 g/mol. The maximum Gasteiger partial charge on any atom is 0.295 e. The van der Waals surface area contributed by atoms with Gasteiger partial charge in [-0.05, 0) is 50.8 Å². The van der Waals surface area contributed by atoms with Crippen molar-refractivity contribution in [3.8, 4) is 5.75 Å². The van der Waals surface area contributed by atoms with Crippen LogP contribution in [0.15, 0.2) is 48.3 Å². The first-order valence-corrected chi connectivity index (χ1v) is 9.98. The number of Topliss-reactive ketones (excluding diaryl/α,β-unsaturated/α-hetero) is 1. The van der Waals surface area contributed by atoms with E-state index in [1.165, 1.54) is 4.90 Å². The summed E-state index contributed by atoms with van der Waals surface area (Å²) in [5.41, 5.74) is 0.860. The average Bonchev–Trinajstić information content (AvgIpc) is 2.98. The van der Waals surface area contributed by atoms with Crippen molar-refractivity contribution in [2.45, 2.75) is 13.0 Å². The number of ether oxygens (including phenoxy) is 1. The topological polar surface area (TPSA) is 83.0 Å². The van der Waals surface area contributed by atoms with Gasteiger partial charge in [-0.3, -0.25) is 14.6 Å². The summed E-state index contributed by atoms with van der Waals surface area (Å²) in [6, 6.07) is 7.57. The number of hydrogen-bond acceptors (Lipinski definition) is 6. The van der Waals surface area contributed by atoms with Crippen LogP contribution in [0.1, 0.15) is 24.1 Å². The first kappa shape index (κ1) is 21.8. The van der Waals surface area contributed by atoms with Gasteiger partial charge >= 0.3 is 0 Å². The van der Waals surface area contributed by atoms with Crippen LogP contribution in [0.3, 0.4) is 0 Å². The predicted molar refractivity (Wildman–Crippen MR) is 114 cm³/mol. The lowest BCUT2D eigenvalue weighted by Gasteiger charge is -2.26. The normalized spacial score (nSPS) is 18.3. The summed E-state index contributed by atoms with van der Waals surface area (Å²) in [4.78, 5) is 33.3. The van der Waals surface area contributed by atoms with Gasteiger partial charge in [0.05, 0.1) is 23.2 Å². The Bertz CT molecular complexity index is 976. The molecule has 1 aromatic carbocycles. The highest BCUT2D eigenvalue weighted by Crippen LogP contribution is 2.40. The molecule has 0 spiro atoms. The Morgan fingerprint density at radius 3 is 2.70 bits per heavy atom. The lowest BCUT2D eigenvalue weighted by molar-refractivity contribution is -0.140. The number of aromatic nitrogens is 1. The van der Waals surface area contributed by atoms with Crippen LogP contribution in [0.4, 0.5) is 0 Å². The van der Waals surface area contributed by atoms with Gasteiger partial charge in [-0.2, -0.15) is 0 Å². The fraction of sp³-hybridized carbons (Fsp3) is 0.318. The van der Waals surface area contributed by atoms with Crippen molar-refractivity contribution in [2.24, 2.45) is 0 Å². The molecule has 1 amide bonds.